The molecule has 136 valence electrons. The molecule has 0 bridgehead atoms. The second kappa shape index (κ2) is 6.59. The van der Waals surface area contributed by atoms with Crippen LogP contribution in [0.25, 0.3) is 0 Å². The number of benzene rings is 1. The first-order valence-electron chi connectivity index (χ1n) is 8.96. The van der Waals surface area contributed by atoms with Crippen molar-refractivity contribution in [2.45, 2.75) is 36.6 Å². The Balaban J connectivity index is 1.48. The molecule has 1 aromatic carbocycles. The molecule has 2 aliphatic heterocycles. The fraction of sp³-hybridized carbons (Fsp3) is 0.588. The van der Waals surface area contributed by atoms with Crippen molar-refractivity contribution in [3.63, 3.8) is 0 Å². The summed E-state index contributed by atoms with van der Waals surface area (Å²) in [5.41, 5.74) is 1.28. The summed E-state index contributed by atoms with van der Waals surface area (Å²) in [6, 6.07) is 5.52. The molecule has 2 N–H and O–H groups in total. The maximum atomic E-state index is 13.0. The SMILES string of the molecule is O=C1CNc2ccc(S(=O)(=O)N3CCN(C4CCCC4)CC3)cc2N1. The second-order valence-corrected chi connectivity index (χ2v) is 8.93. The maximum absolute atomic E-state index is 13.0. The summed E-state index contributed by atoms with van der Waals surface area (Å²) in [4.78, 5) is 14.2. The summed E-state index contributed by atoms with van der Waals surface area (Å²) in [5.74, 6) is -0.160. The predicted molar refractivity (Wildman–Crippen MR) is 96.1 cm³/mol. The fourth-order valence-electron chi connectivity index (χ4n) is 4.04. The molecule has 1 aliphatic carbocycles. The third-order valence-corrected chi connectivity index (χ3v) is 7.35. The Kier molecular flexibility index (Phi) is 4.43. The molecule has 25 heavy (non-hydrogen) atoms. The van der Waals surface area contributed by atoms with Gasteiger partial charge in [0.2, 0.25) is 15.9 Å². The van der Waals surface area contributed by atoms with Crippen molar-refractivity contribution < 1.29 is 13.2 Å². The smallest absolute Gasteiger partial charge is 0.243 e. The Labute approximate surface area is 148 Å². The summed E-state index contributed by atoms with van der Waals surface area (Å²) in [5, 5.41) is 5.71. The van der Waals surface area contributed by atoms with Gasteiger partial charge in [0.1, 0.15) is 0 Å². The summed E-state index contributed by atoms with van der Waals surface area (Å²) in [6.45, 7) is 2.86. The van der Waals surface area contributed by atoms with Crippen molar-refractivity contribution in [1.29, 1.82) is 0 Å². The van der Waals surface area contributed by atoms with E-state index in [2.05, 4.69) is 15.5 Å². The highest BCUT2D eigenvalue weighted by Crippen LogP contribution is 2.30. The molecule has 0 atom stereocenters. The molecule has 7 nitrogen and oxygen atoms in total. The lowest BCUT2D eigenvalue weighted by Gasteiger charge is -2.37. The lowest BCUT2D eigenvalue weighted by atomic mass is 10.2. The first kappa shape index (κ1) is 16.8. The number of sulfonamides is 1. The summed E-state index contributed by atoms with van der Waals surface area (Å²) < 4.78 is 27.5. The van der Waals surface area contributed by atoms with Gasteiger partial charge in [0, 0.05) is 32.2 Å². The second-order valence-electron chi connectivity index (χ2n) is 6.99. The molecule has 2 fully saturated rings. The number of nitrogens with zero attached hydrogens (tertiary/aromatic N) is 2. The molecule has 1 aromatic rings. The van der Waals surface area contributed by atoms with Crippen LogP contribution in [0.15, 0.2) is 23.1 Å². The van der Waals surface area contributed by atoms with E-state index < -0.39 is 10.0 Å². The normalized spacial score (nSPS) is 23.1. The van der Waals surface area contributed by atoms with Gasteiger partial charge >= 0.3 is 0 Å². The highest BCUT2D eigenvalue weighted by atomic mass is 32.2. The average Bonchev–Trinajstić information content (AvgIpc) is 3.16. The van der Waals surface area contributed by atoms with Gasteiger partial charge in [-0.2, -0.15) is 4.31 Å². The number of hydrogen-bond donors (Lipinski definition) is 2. The van der Waals surface area contributed by atoms with E-state index in [4.69, 9.17) is 0 Å². The number of fused-ring (bicyclic) bond motifs is 1. The van der Waals surface area contributed by atoms with E-state index in [0.29, 0.717) is 24.8 Å². The van der Waals surface area contributed by atoms with Gasteiger partial charge in [-0.05, 0) is 31.0 Å². The van der Waals surface area contributed by atoms with Crippen LogP contribution in [0.3, 0.4) is 0 Å². The lowest BCUT2D eigenvalue weighted by Crippen LogP contribution is -2.51. The zero-order valence-corrected chi connectivity index (χ0v) is 15.0. The number of hydrogen-bond acceptors (Lipinski definition) is 5. The Hall–Kier alpha value is -1.64. The number of rotatable bonds is 3. The van der Waals surface area contributed by atoms with E-state index in [1.165, 1.54) is 25.7 Å². The maximum Gasteiger partial charge on any atom is 0.243 e. The predicted octanol–water partition coefficient (Wildman–Crippen LogP) is 1.30. The van der Waals surface area contributed by atoms with Gasteiger partial charge in [0.15, 0.2) is 0 Å². The van der Waals surface area contributed by atoms with Crippen molar-refractivity contribution in [2.75, 3.05) is 43.4 Å². The molecule has 0 spiro atoms. The van der Waals surface area contributed by atoms with Crippen LogP contribution in [0.1, 0.15) is 25.7 Å². The Morgan fingerprint density at radius 3 is 2.44 bits per heavy atom. The standard InChI is InChI=1S/C17H24N4O3S/c22-17-12-18-15-6-5-14(11-16(15)19-17)25(23,24)21-9-7-20(8-10-21)13-3-1-2-4-13/h5-6,11,13,18H,1-4,7-10,12H2,(H,19,22). The van der Waals surface area contributed by atoms with Gasteiger partial charge in [-0.1, -0.05) is 12.8 Å². The third-order valence-electron chi connectivity index (χ3n) is 5.46. The van der Waals surface area contributed by atoms with E-state index in [-0.39, 0.29) is 17.3 Å². The molecule has 1 saturated carbocycles. The minimum absolute atomic E-state index is 0.160. The van der Waals surface area contributed by atoms with E-state index in [1.54, 1.807) is 22.5 Å². The number of amides is 1. The van der Waals surface area contributed by atoms with Crippen molar-refractivity contribution >= 4 is 27.3 Å². The first-order chi connectivity index (χ1) is 12.0. The molecule has 0 unspecified atom stereocenters. The molecule has 1 saturated heterocycles. The van der Waals surface area contributed by atoms with Gasteiger partial charge in [0.25, 0.3) is 0 Å². The van der Waals surface area contributed by atoms with Crippen LogP contribution in [-0.2, 0) is 14.8 Å². The first-order valence-corrected chi connectivity index (χ1v) is 10.4. The van der Waals surface area contributed by atoms with Crippen molar-refractivity contribution in [3.8, 4) is 0 Å². The van der Waals surface area contributed by atoms with Crippen LogP contribution in [0.2, 0.25) is 0 Å². The van der Waals surface area contributed by atoms with Crippen molar-refractivity contribution in [1.82, 2.24) is 9.21 Å². The summed E-state index contributed by atoms with van der Waals surface area (Å²) in [6.07, 6.45) is 5.06. The minimum atomic E-state index is -3.53. The monoisotopic (exact) mass is 364 g/mol. The molecule has 1 amide bonds. The van der Waals surface area contributed by atoms with Crippen LogP contribution < -0.4 is 10.6 Å². The third kappa shape index (κ3) is 3.26. The van der Waals surface area contributed by atoms with Gasteiger partial charge in [0.05, 0.1) is 22.8 Å². The number of anilines is 2. The molecular formula is C17H24N4O3S. The van der Waals surface area contributed by atoms with E-state index in [0.717, 1.165) is 18.8 Å². The largest absolute Gasteiger partial charge is 0.374 e. The fourth-order valence-corrected chi connectivity index (χ4v) is 5.49. The van der Waals surface area contributed by atoms with Crippen LogP contribution in [0, 0.1) is 0 Å². The minimum Gasteiger partial charge on any atom is -0.374 e. The van der Waals surface area contributed by atoms with Gasteiger partial charge in [-0.15, -0.1) is 0 Å². The van der Waals surface area contributed by atoms with Crippen molar-refractivity contribution in [2.24, 2.45) is 0 Å². The molecule has 2 heterocycles. The zero-order chi connectivity index (χ0) is 17.4. The van der Waals surface area contributed by atoms with E-state index in [1.807, 2.05) is 0 Å². The Morgan fingerprint density at radius 2 is 1.72 bits per heavy atom. The number of piperazine rings is 1. The van der Waals surface area contributed by atoms with Crippen LogP contribution >= 0.6 is 0 Å². The average molecular weight is 364 g/mol. The van der Waals surface area contributed by atoms with Gasteiger partial charge < -0.3 is 10.6 Å². The highest BCUT2D eigenvalue weighted by Gasteiger charge is 2.32. The topological polar surface area (TPSA) is 81.8 Å². The lowest BCUT2D eigenvalue weighted by molar-refractivity contribution is -0.114. The molecule has 0 aromatic heterocycles. The number of carbonyl (C=O) groups is 1. The van der Waals surface area contributed by atoms with Crippen LogP contribution in [0.4, 0.5) is 11.4 Å². The highest BCUT2D eigenvalue weighted by molar-refractivity contribution is 7.89. The van der Waals surface area contributed by atoms with E-state index >= 15 is 0 Å². The van der Waals surface area contributed by atoms with Crippen molar-refractivity contribution in [3.05, 3.63) is 18.2 Å². The Bertz CT molecular complexity index is 766. The molecule has 8 heteroatoms. The van der Waals surface area contributed by atoms with Gasteiger partial charge in [-0.25, -0.2) is 8.42 Å². The molecule has 4 rings (SSSR count). The van der Waals surface area contributed by atoms with Gasteiger partial charge in [-0.3, -0.25) is 9.69 Å². The van der Waals surface area contributed by atoms with Crippen LogP contribution in [-0.4, -0.2) is 62.3 Å². The molecule has 0 radical (unpaired) electrons. The molecule has 3 aliphatic rings. The summed E-state index contributed by atoms with van der Waals surface area (Å²) in [7, 11) is -3.53. The number of carbonyl (C=O) groups excluding carboxylic acids is 1. The summed E-state index contributed by atoms with van der Waals surface area (Å²) >= 11 is 0. The molecular weight excluding hydrogens is 340 g/mol. The van der Waals surface area contributed by atoms with E-state index in [9.17, 15) is 13.2 Å². The van der Waals surface area contributed by atoms with Crippen LogP contribution in [0.5, 0.6) is 0 Å². The Morgan fingerprint density at radius 1 is 1.00 bits per heavy atom. The quantitative estimate of drug-likeness (QED) is 0.845. The number of nitrogens with one attached hydrogen (secondary N) is 2. The zero-order valence-electron chi connectivity index (χ0n) is 14.2.